The number of piperazine rings is 1. The minimum absolute atomic E-state index is 0.0972. The quantitative estimate of drug-likeness (QED) is 0.637. The number of aryl methyl sites for hydroxylation is 2. The Morgan fingerprint density at radius 2 is 1.69 bits per heavy atom. The minimum atomic E-state index is -0.139. The molecule has 2 amide bonds. The second kappa shape index (κ2) is 9.59. The van der Waals surface area contributed by atoms with Crippen molar-refractivity contribution in [3.05, 3.63) is 65.7 Å². The summed E-state index contributed by atoms with van der Waals surface area (Å²) in [7, 11) is 0. The van der Waals surface area contributed by atoms with Crippen molar-refractivity contribution in [1.29, 1.82) is 0 Å². The van der Waals surface area contributed by atoms with E-state index in [9.17, 15) is 9.59 Å². The van der Waals surface area contributed by atoms with Gasteiger partial charge in [-0.25, -0.2) is 9.97 Å². The average Bonchev–Trinajstić information content (AvgIpc) is 3.12. The van der Waals surface area contributed by atoms with Crippen LogP contribution in [0, 0.1) is 13.8 Å². The molecule has 4 rings (SSSR count). The first-order chi connectivity index (χ1) is 15.5. The van der Waals surface area contributed by atoms with Gasteiger partial charge in [0.1, 0.15) is 6.54 Å². The van der Waals surface area contributed by atoms with Crippen molar-refractivity contribution in [3.8, 4) is 0 Å². The molecule has 2 aromatic heterocycles. The van der Waals surface area contributed by atoms with Crippen LogP contribution in [0.5, 0.6) is 0 Å². The Morgan fingerprint density at radius 1 is 1.00 bits per heavy atom. The zero-order valence-electron chi connectivity index (χ0n) is 18.4. The van der Waals surface area contributed by atoms with E-state index in [1.165, 1.54) is 0 Å². The fourth-order valence-corrected chi connectivity index (χ4v) is 3.77. The van der Waals surface area contributed by atoms with Gasteiger partial charge in [0.25, 0.3) is 0 Å². The van der Waals surface area contributed by atoms with Crippen LogP contribution in [0.4, 0.5) is 11.6 Å². The van der Waals surface area contributed by atoms with Crippen LogP contribution in [0.1, 0.15) is 17.0 Å². The zero-order chi connectivity index (χ0) is 22.5. The SMILES string of the molecule is Cc1cc(C)n(CC(=O)Nc2ccc(CC(=O)N3CCN(c4ncccn4)CC3)cc2)n1. The number of amides is 2. The van der Waals surface area contributed by atoms with Crippen LogP contribution < -0.4 is 10.2 Å². The zero-order valence-corrected chi connectivity index (χ0v) is 18.4. The Bertz CT molecular complexity index is 1070. The topological polar surface area (TPSA) is 96.2 Å². The maximum atomic E-state index is 12.7. The molecule has 32 heavy (non-hydrogen) atoms. The summed E-state index contributed by atoms with van der Waals surface area (Å²) in [6.45, 7) is 6.73. The molecule has 0 radical (unpaired) electrons. The molecule has 0 aliphatic carbocycles. The van der Waals surface area contributed by atoms with E-state index in [0.29, 0.717) is 31.1 Å². The number of hydrogen-bond acceptors (Lipinski definition) is 6. The molecular formula is C23H27N7O2. The predicted octanol–water partition coefficient (Wildman–Crippen LogP) is 1.82. The van der Waals surface area contributed by atoms with Crippen LogP contribution >= 0.6 is 0 Å². The molecule has 1 aliphatic heterocycles. The fraction of sp³-hybridized carbons (Fsp3) is 0.348. The second-order valence-corrected chi connectivity index (χ2v) is 7.92. The van der Waals surface area contributed by atoms with Crippen molar-refractivity contribution in [2.24, 2.45) is 0 Å². The molecule has 0 spiro atoms. The molecule has 0 atom stereocenters. The maximum absolute atomic E-state index is 12.7. The average molecular weight is 434 g/mol. The molecule has 0 saturated carbocycles. The Hall–Kier alpha value is -3.75. The van der Waals surface area contributed by atoms with Gasteiger partial charge in [-0.3, -0.25) is 14.3 Å². The van der Waals surface area contributed by atoms with Crippen LogP contribution in [0.25, 0.3) is 0 Å². The summed E-state index contributed by atoms with van der Waals surface area (Å²) < 4.78 is 1.68. The monoisotopic (exact) mass is 433 g/mol. The lowest BCUT2D eigenvalue weighted by atomic mass is 10.1. The largest absolute Gasteiger partial charge is 0.339 e. The third-order valence-electron chi connectivity index (χ3n) is 5.46. The number of nitrogens with zero attached hydrogens (tertiary/aromatic N) is 6. The Kier molecular flexibility index (Phi) is 6.44. The van der Waals surface area contributed by atoms with Crippen molar-refractivity contribution >= 4 is 23.5 Å². The first kappa shape index (κ1) is 21.5. The third kappa shape index (κ3) is 5.29. The number of benzene rings is 1. The van der Waals surface area contributed by atoms with Gasteiger partial charge in [0, 0.05) is 50.0 Å². The summed E-state index contributed by atoms with van der Waals surface area (Å²) in [4.78, 5) is 37.5. The van der Waals surface area contributed by atoms with Gasteiger partial charge < -0.3 is 15.1 Å². The molecule has 3 aromatic rings. The normalized spacial score (nSPS) is 13.8. The number of aromatic nitrogens is 4. The molecule has 3 heterocycles. The lowest BCUT2D eigenvalue weighted by molar-refractivity contribution is -0.130. The molecule has 166 valence electrons. The molecule has 1 aliphatic rings. The van der Waals surface area contributed by atoms with E-state index in [-0.39, 0.29) is 18.4 Å². The van der Waals surface area contributed by atoms with Crippen LogP contribution in [-0.2, 0) is 22.6 Å². The number of hydrogen-bond donors (Lipinski definition) is 1. The third-order valence-corrected chi connectivity index (χ3v) is 5.46. The highest BCUT2D eigenvalue weighted by Gasteiger charge is 2.22. The predicted molar refractivity (Wildman–Crippen MR) is 121 cm³/mol. The molecule has 0 bridgehead atoms. The molecule has 1 saturated heterocycles. The minimum Gasteiger partial charge on any atom is -0.339 e. The molecular weight excluding hydrogens is 406 g/mol. The summed E-state index contributed by atoms with van der Waals surface area (Å²) in [5, 5.41) is 7.19. The molecule has 1 aromatic carbocycles. The van der Waals surface area contributed by atoms with E-state index < -0.39 is 0 Å². The number of carbonyl (C=O) groups is 2. The Balaban J connectivity index is 1.26. The van der Waals surface area contributed by atoms with Gasteiger partial charge in [-0.1, -0.05) is 12.1 Å². The van der Waals surface area contributed by atoms with Crippen molar-refractivity contribution < 1.29 is 9.59 Å². The lowest BCUT2D eigenvalue weighted by Crippen LogP contribution is -2.49. The highest BCUT2D eigenvalue weighted by atomic mass is 16.2. The van der Waals surface area contributed by atoms with Crippen molar-refractivity contribution in [2.75, 3.05) is 36.4 Å². The second-order valence-electron chi connectivity index (χ2n) is 7.92. The number of anilines is 2. The first-order valence-corrected chi connectivity index (χ1v) is 10.7. The summed E-state index contributed by atoms with van der Waals surface area (Å²) >= 11 is 0. The highest BCUT2D eigenvalue weighted by Crippen LogP contribution is 2.14. The van der Waals surface area contributed by atoms with Gasteiger partial charge in [0.2, 0.25) is 17.8 Å². The van der Waals surface area contributed by atoms with Crippen molar-refractivity contribution in [3.63, 3.8) is 0 Å². The standard InChI is InChI=1S/C23H27N7O2/c1-17-14-18(2)30(27-17)16-21(31)26-20-6-4-19(5-7-20)15-22(32)28-10-12-29(13-11-28)23-24-8-3-9-25-23/h3-9,14H,10-13,15-16H2,1-2H3,(H,26,31). The van der Waals surface area contributed by atoms with E-state index in [4.69, 9.17) is 0 Å². The summed E-state index contributed by atoms with van der Waals surface area (Å²) in [5.74, 6) is 0.662. The van der Waals surface area contributed by atoms with E-state index in [2.05, 4.69) is 25.3 Å². The number of nitrogens with one attached hydrogen (secondary N) is 1. The Labute approximate surface area is 187 Å². The Morgan fingerprint density at radius 3 is 2.31 bits per heavy atom. The number of rotatable bonds is 6. The molecule has 1 N–H and O–H groups in total. The maximum Gasteiger partial charge on any atom is 0.246 e. The van der Waals surface area contributed by atoms with Gasteiger partial charge in [-0.05, 0) is 43.7 Å². The molecule has 9 nitrogen and oxygen atoms in total. The highest BCUT2D eigenvalue weighted by molar-refractivity contribution is 5.90. The van der Waals surface area contributed by atoms with Crippen LogP contribution in [-0.4, -0.2) is 62.6 Å². The van der Waals surface area contributed by atoms with Gasteiger partial charge in [-0.2, -0.15) is 5.10 Å². The van der Waals surface area contributed by atoms with Gasteiger partial charge in [-0.15, -0.1) is 0 Å². The van der Waals surface area contributed by atoms with Crippen LogP contribution in [0.15, 0.2) is 48.8 Å². The summed E-state index contributed by atoms with van der Waals surface area (Å²) in [5.41, 5.74) is 3.45. The van der Waals surface area contributed by atoms with Gasteiger partial charge in [0.15, 0.2) is 0 Å². The lowest BCUT2D eigenvalue weighted by Gasteiger charge is -2.34. The molecule has 1 fully saturated rings. The van der Waals surface area contributed by atoms with Gasteiger partial charge in [0.05, 0.1) is 12.1 Å². The molecule has 0 unspecified atom stereocenters. The van der Waals surface area contributed by atoms with E-state index >= 15 is 0 Å². The van der Waals surface area contributed by atoms with Crippen LogP contribution in [0.3, 0.4) is 0 Å². The summed E-state index contributed by atoms with van der Waals surface area (Å²) in [6, 6.07) is 11.1. The van der Waals surface area contributed by atoms with Crippen molar-refractivity contribution in [2.45, 2.75) is 26.8 Å². The van der Waals surface area contributed by atoms with Crippen LogP contribution in [0.2, 0.25) is 0 Å². The van der Waals surface area contributed by atoms with Crippen molar-refractivity contribution in [1.82, 2.24) is 24.6 Å². The summed E-state index contributed by atoms with van der Waals surface area (Å²) in [6.07, 6.45) is 3.79. The first-order valence-electron chi connectivity index (χ1n) is 10.7. The molecule has 9 heteroatoms. The van der Waals surface area contributed by atoms with E-state index in [0.717, 1.165) is 30.0 Å². The van der Waals surface area contributed by atoms with E-state index in [1.54, 1.807) is 23.1 Å². The van der Waals surface area contributed by atoms with E-state index in [1.807, 2.05) is 49.1 Å². The number of carbonyl (C=O) groups excluding carboxylic acids is 2. The van der Waals surface area contributed by atoms with Gasteiger partial charge >= 0.3 is 0 Å². The fourth-order valence-electron chi connectivity index (χ4n) is 3.77. The smallest absolute Gasteiger partial charge is 0.246 e.